The van der Waals surface area contributed by atoms with Gasteiger partial charge in [0, 0.05) is 33.8 Å². The number of rotatable bonds is 3. The van der Waals surface area contributed by atoms with Crippen molar-refractivity contribution in [3.63, 3.8) is 0 Å². The highest BCUT2D eigenvalue weighted by Crippen LogP contribution is 2.42. The third kappa shape index (κ3) is 2.60. The average molecular weight is 406 g/mol. The van der Waals surface area contributed by atoms with Gasteiger partial charge in [-0.1, -0.05) is 54.1 Å². The number of nitrogens with zero attached hydrogens (tertiary/aromatic N) is 1. The summed E-state index contributed by atoms with van der Waals surface area (Å²) in [5.41, 5.74) is 5.35. The highest BCUT2D eigenvalue weighted by atomic mass is 35.5. The fourth-order valence-corrected chi connectivity index (χ4v) is 4.64. The molecule has 2 aromatic heterocycles. The van der Waals surface area contributed by atoms with Crippen molar-refractivity contribution in [2.24, 2.45) is 0 Å². The zero-order valence-corrected chi connectivity index (χ0v) is 16.6. The zero-order chi connectivity index (χ0) is 19.5. The molecule has 0 fully saturated rings. The van der Waals surface area contributed by atoms with E-state index in [0.29, 0.717) is 9.92 Å². The quantitative estimate of drug-likeness (QED) is 0.373. The van der Waals surface area contributed by atoms with Crippen LogP contribution in [-0.2, 0) is 9.84 Å². The van der Waals surface area contributed by atoms with Crippen LogP contribution < -0.4 is 0 Å². The van der Waals surface area contributed by atoms with Crippen molar-refractivity contribution in [3.8, 4) is 22.4 Å². The number of hydrogen-bond donors (Lipinski definition) is 0. The third-order valence-corrected chi connectivity index (χ3v) is 6.53. The van der Waals surface area contributed by atoms with Crippen LogP contribution in [0.15, 0.2) is 83.9 Å². The smallest absolute Gasteiger partial charge is 0.175 e. The lowest BCUT2D eigenvalue weighted by Crippen LogP contribution is -1.96. The van der Waals surface area contributed by atoms with E-state index < -0.39 is 9.84 Å². The Balaban J connectivity index is 1.85. The molecule has 0 amide bonds. The van der Waals surface area contributed by atoms with Gasteiger partial charge in [-0.05, 0) is 41.5 Å². The molecule has 0 radical (unpaired) electrons. The summed E-state index contributed by atoms with van der Waals surface area (Å²) in [4.78, 5) is 0.318. The first-order valence-corrected chi connectivity index (χ1v) is 11.1. The zero-order valence-electron chi connectivity index (χ0n) is 15.1. The molecule has 0 spiro atoms. The summed E-state index contributed by atoms with van der Waals surface area (Å²) in [7, 11) is -3.23. The SMILES string of the molecule is CS(=O)(=O)c1ccc(-c2c(-c3ccc(Cl)cc3)c3cccc4ccn2c43)cc1. The Morgan fingerprint density at radius 1 is 0.821 bits per heavy atom. The monoisotopic (exact) mass is 405 g/mol. The van der Waals surface area contributed by atoms with Gasteiger partial charge in [0.25, 0.3) is 0 Å². The van der Waals surface area contributed by atoms with Crippen LogP contribution in [0.25, 0.3) is 38.7 Å². The van der Waals surface area contributed by atoms with Crippen LogP contribution in [0, 0.1) is 0 Å². The van der Waals surface area contributed by atoms with Crippen LogP contribution in [0.2, 0.25) is 5.02 Å². The number of para-hydroxylation sites is 1. The molecule has 5 rings (SSSR count). The lowest BCUT2D eigenvalue weighted by Gasteiger charge is -2.09. The van der Waals surface area contributed by atoms with Gasteiger partial charge < -0.3 is 4.40 Å². The summed E-state index contributed by atoms with van der Waals surface area (Å²) in [6.07, 6.45) is 3.29. The van der Waals surface area contributed by atoms with Crippen molar-refractivity contribution >= 4 is 37.7 Å². The van der Waals surface area contributed by atoms with Crippen LogP contribution in [0.4, 0.5) is 0 Å². The Kier molecular flexibility index (Phi) is 3.76. The fraction of sp³-hybridized carbons (Fsp3) is 0.0435. The molecule has 2 heterocycles. The number of halogens is 1. The summed E-state index contributed by atoms with van der Waals surface area (Å²) >= 11 is 6.10. The summed E-state index contributed by atoms with van der Waals surface area (Å²) in [5, 5.41) is 3.03. The van der Waals surface area contributed by atoms with Crippen LogP contribution >= 0.6 is 11.6 Å². The van der Waals surface area contributed by atoms with E-state index >= 15 is 0 Å². The molecule has 0 saturated carbocycles. The van der Waals surface area contributed by atoms with Gasteiger partial charge in [0.2, 0.25) is 0 Å². The van der Waals surface area contributed by atoms with Gasteiger partial charge in [0.15, 0.2) is 9.84 Å². The lowest BCUT2D eigenvalue weighted by molar-refractivity contribution is 0.602. The minimum absolute atomic E-state index is 0.318. The molecule has 0 bridgehead atoms. The topological polar surface area (TPSA) is 38.5 Å². The third-order valence-electron chi connectivity index (χ3n) is 5.15. The molecule has 0 aliphatic heterocycles. The van der Waals surface area contributed by atoms with Crippen LogP contribution in [0.1, 0.15) is 0 Å². The normalized spacial score (nSPS) is 12.2. The number of benzene rings is 3. The molecule has 0 aliphatic carbocycles. The first kappa shape index (κ1) is 17.3. The molecule has 5 heteroatoms. The molecule has 0 N–H and O–H groups in total. The molecule has 5 aromatic rings. The van der Waals surface area contributed by atoms with Gasteiger partial charge in [-0.25, -0.2) is 8.42 Å². The van der Waals surface area contributed by atoms with E-state index in [1.54, 1.807) is 12.1 Å². The van der Waals surface area contributed by atoms with E-state index in [2.05, 4.69) is 34.9 Å². The van der Waals surface area contributed by atoms with Crippen LogP contribution in [-0.4, -0.2) is 19.1 Å². The van der Waals surface area contributed by atoms with Gasteiger partial charge in [-0.3, -0.25) is 0 Å². The molecule has 0 saturated heterocycles. The highest BCUT2D eigenvalue weighted by Gasteiger charge is 2.20. The van der Waals surface area contributed by atoms with E-state index in [4.69, 9.17) is 11.6 Å². The minimum Gasteiger partial charge on any atom is -0.315 e. The second kappa shape index (κ2) is 6.09. The van der Waals surface area contributed by atoms with Crippen molar-refractivity contribution in [3.05, 3.63) is 84.0 Å². The molecule has 138 valence electrons. The average Bonchev–Trinajstić information content (AvgIpc) is 3.25. The molecule has 0 aliphatic rings. The van der Waals surface area contributed by atoms with Gasteiger partial charge in [0.05, 0.1) is 16.1 Å². The van der Waals surface area contributed by atoms with Crippen molar-refractivity contribution < 1.29 is 8.42 Å². The van der Waals surface area contributed by atoms with E-state index in [1.165, 1.54) is 11.6 Å². The summed E-state index contributed by atoms with van der Waals surface area (Å²) in [6, 6.07) is 23.3. The van der Waals surface area contributed by atoms with Crippen LogP contribution in [0.3, 0.4) is 0 Å². The predicted molar refractivity (Wildman–Crippen MR) is 115 cm³/mol. The summed E-state index contributed by atoms with van der Waals surface area (Å²) in [6.45, 7) is 0. The summed E-state index contributed by atoms with van der Waals surface area (Å²) in [5.74, 6) is 0. The second-order valence-electron chi connectivity index (χ2n) is 6.96. The van der Waals surface area contributed by atoms with Crippen LogP contribution in [0.5, 0.6) is 0 Å². The number of aromatic nitrogens is 1. The van der Waals surface area contributed by atoms with E-state index in [9.17, 15) is 8.42 Å². The predicted octanol–water partition coefficient (Wildman–Crippen LogP) is 5.92. The lowest BCUT2D eigenvalue weighted by atomic mass is 9.98. The van der Waals surface area contributed by atoms with E-state index in [0.717, 1.165) is 33.3 Å². The number of hydrogen-bond acceptors (Lipinski definition) is 2. The molecule has 3 nitrogen and oxygen atoms in total. The Bertz CT molecular complexity index is 1420. The van der Waals surface area contributed by atoms with Gasteiger partial charge in [0.1, 0.15) is 0 Å². The maximum absolute atomic E-state index is 11.8. The largest absolute Gasteiger partial charge is 0.315 e. The molecule has 3 aromatic carbocycles. The maximum atomic E-state index is 11.8. The minimum atomic E-state index is -3.23. The maximum Gasteiger partial charge on any atom is 0.175 e. The fourth-order valence-electron chi connectivity index (χ4n) is 3.88. The van der Waals surface area contributed by atoms with Crippen molar-refractivity contribution in [2.75, 3.05) is 6.26 Å². The van der Waals surface area contributed by atoms with Gasteiger partial charge in [-0.2, -0.15) is 0 Å². The first-order chi connectivity index (χ1) is 13.4. The highest BCUT2D eigenvalue weighted by molar-refractivity contribution is 7.90. The Hall–Kier alpha value is -2.82. The Morgan fingerprint density at radius 2 is 1.50 bits per heavy atom. The Morgan fingerprint density at radius 3 is 2.18 bits per heavy atom. The van der Waals surface area contributed by atoms with Crippen molar-refractivity contribution in [1.29, 1.82) is 0 Å². The van der Waals surface area contributed by atoms with Gasteiger partial charge in [-0.15, -0.1) is 0 Å². The standard InChI is InChI=1S/C23H16ClNO2S/c1-28(26,27)19-11-7-17(8-12-19)23-21(15-5-9-18(24)10-6-15)20-4-2-3-16-13-14-25(23)22(16)20/h2-14H,1H3. The van der Waals surface area contributed by atoms with E-state index in [-0.39, 0.29) is 0 Å². The summed E-state index contributed by atoms with van der Waals surface area (Å²) < 4.78 is 25.9. The molecular weight excluding hydrogens is 390 g/mol. The Labute approximate surface area is 168 Å². The molecule has 0 atom stereocenters. The first-order valence-electron chi connectivity index (χ1n) is 8.85. The van der Waals surface area contributed by atoms with Crippen molar-refractivity contribution in [2.45, 2.75) is 4.90 Å². The number of sulfone groups is 1. The van der Waals surface area contributed by atoms with Gasteiger partial charge >= 0.3 is 0 Å². The molecular formula is C23H16ClNO2S. The molecule has 28 heavy (non-hydrogen) atoms. The molecule has 0 unspecified atom stereocenters. The van der Waals surface area contributed by atoms with E-state index in [1.807, 2.05) is 36.4 Å². The second-order valence-corrected chi connectivity index (χ2v) is 9.41. The van der Waals surface area contributed by atoms with Crippen molar-refractivity contribution in [1.82, 2.24) is 4.40 Å².